The number of hydrogen-bond acceptors (Lipinski definition) is 5. The number of allylic oxidation sites excluding steroid dienone is 3. The van der Waals surface area contributed by atoms with Crippen molar-refractivity contribution in [3.05, 3.63) is 63.4 Å². The van der Waals surface area contributed by atoms with Crippen LogP contribution in [0.4, 0.5) is 0 Å². The minimum absolute atomic E-state index is 0.0565. The van der Waals surface area contributed by atoms with Gasteiger partial charge in [-0.15, -0.1) is 0 Å². The quantitative estimate of drug-likeness (QED) is 0.502. The number of aromatic nitrogens is 1. The van der Waals surface area contributed by atoms with Crippen molar-refractivity contribution in [1.82, 2.24) is 4.98 Å². The Bertz CT molecular complexity index is 547. The Morgan fingerprint density at radius 2 is 2.28 bits per heavy atom. The van der Waals surface area contributed by atoms with Crippen molar-refractivity contribution < 1.29 is 10.0 Å². The molecule has 0 bridgehead atoms. The molecule has 0 amide bonds. The molecule has 0 aliphatic heterocycles. The molecule has 92 valence electrons. The van der Waals surface area contributed by atoms with E-state index in [0.29, 0.717) is 5.69 Å². The Morgan fingerprint density at radius 1 is 1.44 bits per heavy atom. The van der Waals surface area contributed by atoms with Gasteiger partial charge in [0, 0.05) is 25.1 Å². The molecule has 2 rings (SSSR count). The first kappa shape index (κ1) is 12.0. The van der Waals surface area contributed by atoms with E-state index in [1.165, 1.54) is 12.3 Å². The van der Waals surface area contributed by atoms with Crippen LogP contribution in [0.5, 0.6) is 0 Å². The van der Waals surface area contributed by atoms with Gasteiger partial charge in [0.1, 0.15) is 11.5 Å². The molecule has 6 nitrogen and oxygen atoms in total. The summed E-state index contributed by atoms with van der Waals surface area (Å²) in [4.78, 5) is 18.3. The minimum atomic E-state index is -0.456. The average Bonchev–Trinajstić information content (AvgIpc) is 2.38. The maximum absolute atomic E-state index is 10.6. The molecule has 0 atom stereocenters. The van der Waals surface area contributed by atoms with Crippen molar-refractivity contribution in [3.8, 4) is 0 Å². The largest absolute Gasteiger partial charge is 0.510 e. The van der Waals surface area contributed by atoms with Crippen molar-refractivity contribution in [1.29, 1.82) is 0 Å². The molecule has 1 aliphatic rings. The zero-order valence-electron chi connectivity index (χ0n) is 9.48. The molecule has 1 aromatic rings. The summed E-state index contributed by atoms with van der Waals surface area (Å²) < 4.78 is 0. The fourth-order valence-corrected chi connectivity index (χ4v) is 1.53. The number of nitro groups is 1. The molecule has 0 unspecified atom stereocenters. The lowest BCUT2D eigenvalue weighted by molar-refractivity contribution is -0.428. The molecular weight excluding hydrogens is 234 g/mol. The van der Waals surface area contributed by atoms with E-state index in [2.05, 4.69) is 9.98 Å². The topological polar surface area (TPSA) is 88.6 Å². The molecule has 0 spiro atoms. The van der Waals surface area contributed by atoms with Gasteiger partial charge in [0.2, 0.25) is 5.70 Å². The highest BCUT2D eigenvalue weighted by atomic mass is 16.6. The lowest BCUT2D eigenvalue weighted by Crippen LogP contribution is -2.05. The van der Waals surface area contributed by atoms with Crippen LogP contribution in [0, 0.1) is 10.1 Å². The first-order valence-corrected chi connectivity index (χ1v) is 5.39. The van der Waals surface area contributed by atoms with Gasteiger partial charge in [0.25, 0.3) is 0 Å². The summed E-state index contributed by atoms with van der Waals surface area (Å²) >= 11 is 0. The Balaban J connectivity index is 2.22. The maximum atomic E-state index is 10.6. The number of pyridine rings is 1. The van der Waals surface area contributed by atoms with E-state index < -0.39 is 4.92 Å². The fourth-order valence-electron chi connectivity index (χ4n) is 1.53. The Kier molecular flexibility index (Phi) is 3.47. The number of aliphatic imine (C=N–C) groups is 1. The van der Waals surface area contributed by atoms with Crippen LogP contribution in [0.3, 0.4) is 0 Å². The molecule has 0 saturated heterocycles. The van der Waals surface area contributed by atoms with Crippen molar-refractivity contribution in [2.45, 2.75) is 12.8 Å². The number of aliphatic hydroxyl groups is 1. The highest BCUT2D eigenvalue weighted by Crippen LogP contribution is 2.23. The predicted octanol–water partition coefficient (Wildman–Crippen LogP) is 2.22. The third-order valence-corrected chi connectivity index (χ3v) is 2.48. The molecule has 1 aromatic heterocycles. The van der Waals surface area contributed by atoms with Crippen LogP contribution in [0.25, 0.3) is 0 Å². The van der Waals surface area contributed by atoms with Gasteiger partial charge in [-0.2, -0.15) is 0 Å². The standard InChI is InChI=1S/C12H11N3O3/c16-12-5-4-10(15(17)18)7-11(12)14-8-9-3-1-2-6-13-9/h1-3,6-8,16H,4-5H2/b14-8+. The van der Waals surface area contributed by atoms with Gasteiger partial charge in [-0.25, -0.2) is 0 Å². The lowest BCUT2D eigenvalue weighted by atomic mass is 10.1. The molecule has 0 radical (unpaired) electrons. The number of aliphatic hydroxyl groups excluding tert-OH is 1. The second kappa shape index (κ2) is 5.22. The Morgan fingerprint density at radius 3 is 2.94 bits per heavy atom. The van der Waals surface area contributed by atoms with Gasteiger partial charge in [-0.1, -0.05) is 6.07 Å². The second-order valence-electron chi connectivity index (χ2n) is 3.74. The third kappa shape index (κ3) is 2.79. The van der Waals surface area contributed by atoms with E-state index in [-0.39, 0.29) is 30.0 Å². The smallest absolute Gasteiger partial charge is 0.248 e. The van der Waals surface area contributed by atoms with E-state index in [9.17, 15) is 15.2 Å². The molecule has 0 aromatic carbocycles. The summed E-state index contributed by atoms with van der Waals surface area (Å²) in [6.45, 7) is 0. The molecule has 1 aliphatic carbocycles. The second-order valence-corrected chi connectivity index (χ2v) is 3.74. The van der Waals surface area contributed by atoms with Crippen LogP contribution in [0.1, 0.15) is 18.5 Å². The number of hydrogen-bond donors (Lipinski definition) is 1. The average molecular weight is 245 g/mol. The van der Waals surface area contributed by atoms with Gasteiger partial charge < -0.3 is 5.11 Å². The summed E-state index contributed by atoms with van der Waals surface area (Å²) in [5, 5.41) is 20.3. The summed E-state index contributed by atoms with van der Waals surface area (Å²) in [7, 11) is 0. The molecule has 0 fully saturated rings. The van der Waals surface area contributed by atoms with Crippen LogP contribution >= 0.6 is 0 Å². The first-order chi connectivity index (χ1) is 8.66. The highest BCUT2D eigenvalue weighted by Gasteiger charge is 2.19. The van der Waals surface area contributed by atoms with E-state index in [4.69, 9.17) is 0 Å². The van der Waals surface area contributed by atoms with Gasteiger partial charge in [0.05, 0.1) is 16.8 Å². The van der Waals surface area contributed by atoms with Crippen molar-refractivity contribution in [3.63, 3.8) is 0 Å². The minimum Gasteiger partial charge on any atom is -0.510 e. The van der Waals surface area contributed by atoms with Crippen molar-refractivity contribution in [2.75, 3.05) is 0 Å². The van der Waals surface area contributed by atoms with E-state index >= 15 is 0 Å². The van der Waals surface area contributed by atoms with Crippen LogP contribution in [0.2, 0.25) is 0 Å². The summed E-state index contributed by atoms with van der Waals surface area (Å²) in [6.07, 6.45) is 4.83. The lowest BCUT2D eigenvalue weighted by Gasteiger charge is -2.07. The molecule has 1 N–H and O–H groups in total. The third-order valence-electron chi connectivity index (χ3n) is 2.48. The first-order valence-electron chi connectivity index (χ1n) is 5.39. The van der Waals surface area contributed by atoms with E-state index in [1.807, 2.05) is 6.07 Å². The van der Waals surface area contributed by atoms with Gasteiger partial charge in [-0.3, -0.25) is 20.1 Å². The van der Waals surface area contributed by atoms with E-state index in [0.717, 1.165) is 0 Å². The zero-order chi connectivity index (χ0) is 13.0. The van der Waals surface area contributed by atoms with Gasteiger partial charge >= 0.3 is 0 Å². The molecule has 18 heavy (non-hydrogen) atoms. The van der Waals surface area contributed by atoms with Gasteiger partial charge in [-0.05, 0) is 12.1 Å². The van der Waals surface area contributed by atoms with Crippen LogP contribution < -0.4 is 0 Å². The number of nitrogens with zero attached hydrogens (tertiary/aromatic N) is 3. The van der Waals surface area contributed by atoms with E-state index in [1.54, 1.807) is 18.3 Å². The highest BCUT2D eigenvalue weighted by molar-refractivity contribution is 5.78. The Labute approximate surface area is 103 Å². The summed E-state index contributed by atoms with van der Waals surface area (Å²) in [6, 6.07) is 5.34. The van der Waals surface area contributed by atoms with Crippen LogP contribution in [-0.2, 0) is 0 Å². The SMILES string of the molecule is O=[N+]([O-])C1=CC(/N=C/c2ccccn2)=C(O)CC1. The molecule has 1 heterocycles. The van der Waals surface area contributed by atoms with Gasteiger partial charge in [0.15, 0.2) is 0 Å². The molecule has 0 saturated carbocycles. The van der Waals surface area contributed by atoms with Crippen molar-refractivity contribution >= 4 is 6.21 Å². The molecular formula is C12H11N3O3. The van der Waals surface area contributed by atoms with Crippen LogP contribution in [-0.4, -0.2) is 21.2 Å². The maximum Gasteiger partial charge on any atom is 0.248 e. The fraction of sp³-hybridized carbons (Fsp3) is 0.167. The zero-order valence-corrected chi connectivity index (χ0v) is 9.48. The summed E-state index contributed by atoms with van der Waals surface area (Å²) in [5.41, 5.74) is 0.902. The van der Waals surface area contributed by atoms with Crippen LogP contribution in [0.15, 0.2) is 52.6 Å². The van der Waals surface area contributed by atoms with Crippen molar-refractivity contribution in [2.24, 2.45) is 4.99 Å². The normalized spacial score (nSPS) is 15.9. The molecule has 6 heteroatoms. The monoisotopic (exact) mass is 245 g/mol. The summed E-state index contributed by atoms with van der Waals surface area (Å²) in [5.74, 6) is 0.0628. The Hall–Kier alpha value is -2.50. The predicted molar refractivity (Wildman–Crippen MR) is 65.8 cm³/mol. The number of rotatable bonds is 3.